The molecule has 0 heterocycles. The third-order valence-corrected chi connectivity index (χ3v) is 1.49. The van der Waals surface area contributed by atoms with Crippen LogP contribution in [0.25, 0.3) is 0 Å². The van der Waals surface area contributed by atoms with E-state index in [0.29, 0.717) is 10.6 Å². The monoisotopic (exact) mass is 169 g/mol. The second-order valence-electron chi connectivity index (χ2n) is 1.98. The molecule has 1 aromatic rings. The SMILES string of the molecule is NN[11C](=O)c1ccc(Cl)cc1. The Labute approximate surface area is 69.1 Å². The molecule has 1 aromatic carbocycles. The van der Waals surface area contributed by atoms with Gasteiger partial charge in [0.15, 0.2) is 0 Å². The number of carbonyl (C=O) groups is 1. The number of hydrogen-bond donors (Lipinski definition) is 2. The lowest BCUT2D eigenvalue weighted by Crippen LogP contribution is -2.29. The normalized spacial score (nSPS) is 9.27. The van der Waals surface area contributed by atoms with Crippen LogP contribution >= 0.6 is 11.6 Å². The van der Waals surface area contributed by atoms with Crippen LogP contribution in [0.4, 0.5) is 0 Å². The predicted octanol–water partition coefficient (Wildman–Crippen LogP) is 0.943. The summed E-state index contributed by atoms with van der Waals surface area (Å²) in [5, 5.41) is 0.596. The molecule has 11 heavy (non-hydrogen) atoms. The summed E-state index contributed by atoms with van der Waals surface area (Å²) in [5.41, 5.74) is 2.52. The number of benzene rings is 1. The quantitative estimate of drug-likeness (QED) is 0.374. The molecule has 0 bridgehead atoms. The van der Waals surface area contributed by atoms with Crippen molar-refractivity contribution in [2.45, 2.75) is 0 Å². The van der Waals surface area contributed by atoms with Crippen LogP contribution in [0.5, 0.6) is 0 Å². The highest BCUT2D eigenvalue weighted by molar-refractivity contribution is 6.30. The Morgan fingerprint density at radius 2 is 1.91 bits per heavy atom. The minimum atomic E-state index is -0.318. The second kappa shape index (κ2) is 3.37. The molecule has 0 fully saturated rings. The smallest absolute Gasteiger partial charge is 0.265 e. The molecule has 1 rings (SSSR count). The number of nitrogens with two attached hydrogens (primary N) is 1. The van der Waals surface area contributed by atoms with E-state index in [4.69, 9.17) is 17.4 Å². The number of carbonyl (C=O) groups excluding carboxylic acids is 1. The number of rotatable bonds is 1. The number of amides is 1. The molecule has 0 aliphatic carbocycles. The van der Waals surface area contributed by atoms with Crippen LogP contribution < -0.4 is 11.3 Å². The number of hydrazine groups is 1. The topological polar surface area (TPSA) is 55.1 Å². The van der Waals surface area contributed by atoms with Crippen molar-refractivity contribution in [1.82, 2.24) is 5.43 Å². The van der Waals surface area contributed by atoms with Crippen molar-refractivity contribution in [3.63, 3.8) is 0 Å². The van der Waals surface area contributed by atoms with Gasteiger partial charge in [-0.15, -0.1) is 0 Å². The predicted molar refractivity (Wildman–Crippen MR) is 43.1 cm³/mol. The molecule has 0 aliphatic rings. The standard InChI is InChI=1S/C7H7ClN2O/c8-6-3-1-5(2-4-6)7(11)10-9/h1-4H,9H2,(H,10,11)/i7-1. The third kappa shape index (κ3) is 1.93. The minimum absolute atomic E-state index is 0.318. The minimum Gasteiger partial charge on any atom is -0.290 e. The molecule has 0 unspecified atom stereocenters. The van der Waals surface area contributed by atoms with Crippen molar-refractivity contribution in [3.05, 3.63) is 34.9 Å². The first kappa shape index (κ1) is 8.04. The Balaban J connectivity index is 2.90. The molecule has 4 heteroatoms. The van der Waals surface area contributed by atoms with Gasteiger partial charge in [0.25, 0.3) is 5.91 Å². The van der Waals surface area contributed by atoms with Crippen LogP contribution in [0.15, 0.2) is 24.3 Å². The fourth-order valence-corrected chi connectivity index (χ4v) is 0.811. The Bertz CT molecular complexity index is 258. The highest BCUT2D eigenvalue weighted by Gasteiger charge is 2.00. The number of nitrogens with one attached hydrogen (secondary N) is 1. The zero-order valence-corrected chi connectivity index (χ0v) is 6.43. The number of nitrogen functional groups attached to an aromatic ring is 1. The van der Waals surface area contributed by atoms with E-state index < -0.39 is 0 Å². The lowest BCUT2D eigenvalue weighted by molar-refractivity contribution is 0.0953. The summed E-state index contributed by atoms with van der Waals surface area (Å²) >= 11 is 5.60. The molecular formula is C7H7ClN2O. The molecule has 3 N–H and O–H groups in total. The van der Waals surface area contributed by atoms with Gasteiger partial charge in [-0.05, 0) is 24.3 Å². The summed E-state index contributed by atoms with van der Waals surface area (Å²) in [7, 11) is 0. The molecule has 0 saturated heterocycles. The second-order valence-corrected chi connectivity index (χ2v) is 2.42. The molecule has 3 nitrogen and oxygen atoms in total. The first-order valence-corrected chi connectivity index (χ1v) is 3.38. The van der Waals surface area contributed by atoms with Gasteiger partial charge in [-0.2, -0.15) is 0 Å². The first-order chi connectivity index (χ1) is 5.24. The average Bonchev–Trinajstić information content (AvgIpc) is 2.05. The van der Waals surface area contributed by atoms with Crippen LogP contribution in [0.2, 0.25) is 5.02 Å². The van der Waals surface area contributed by atoms with Gasteiger partial charge in [0.1, 0.15) is 0 Å². The van der Waals surface area contributed by atoms with E-state index >= 15 is 0 Å². The van der Waals surface area contributed by atoms with E-state index in [9.17, 15) is 4.79 Å². The van der Waals surface area contributed by atoms with E-state index in [1.165, 1.54) is 0 Å². The fraction of sp³-hybridized carbons (Fsp3) is 0. The summed E-state index contributed by atoms with van der Waals surface area (Å²) < 4.78 is 0. The molecular weight excluding hydrogens is 163 g/mol. The van der Waals surface area contributed by atoms with Gasteiger partial charge < -0.3 is 0 Å². The van der Waals surface area contributed by atoms with Gasteiger partial charge in [-0.25, -0.2) is 5.84 Å². The molecule has 0 aromatic heterocycles. The van der Waals surface area contributed by atoms with Crippen molar-refractivity contribution < 1.29 is 4.79 Å². The average molecular weight is 170 g/mol. The van der Waals surface area contributed by atoms with Crippen molar-refractivity contribution in [3.8, 4) is 0 Å². The largest absolute Gasteiger partial charge is 0.290 e. The fourth-order valence-electron chi connectivity index (χ4n) is 0.685. The summed E-state index contributed by atoms with van der Waals surface area (Å²) in [4.78, 5) is 10.8. The van der Waals surface area contributed by atoms with Crippen LogP contribution in [-0.4, -0.2) is 5.91 Å². The molecule has 0 saturated carbocycles. The summed E-state index contributed by atoms with van der Waals surface area (Å²) in [6.45, 7) is 0. The first-order valence-electron chi connectivity index (χ1n) is 3.00. The van der Waals surface area contributed by atoms with E-state index in [1.807, 2.05) is 5.43 Å². The van der Waals surface area contributed by atoms with Crippen LogP contribution in [0.3, 0.4) is 0 Å². The number of hydrogen-bond acceptors (Lipinski definition) is 2. The van der Waals surface area contributed by atoms with Crippen LogP contribution in [0.1, 0.15) is 10.4 Å². The molecule has 0 atom stereocenters. The zero-order valence-electron chi connectivity index (χ0n) is 5.67. The lowest BCUT2D eigenvalue weighted by Gasteiger charge is -1.97. The Kier molecular flexibility index (Phi) is 2.46. The molecule has 0 aliphatic heterocycles. The van der Waals surface area contributed by atoms with E-state index in [2.05, 4.69) is 0 Å². The maximum absolute atomic E-state index is 10.8. The maximum atomic E-state index is 10.8. The zero-order chi connectivity index (χ0) is 8.27. The van der Waals surface area contributed by atoms with E-state index in [1.54, 1.807) is 24.3 Å². The lowest BCUT2D eigenvalue weighted by atomic mass is 9.90. The van der Waals surface area contributed by atoms with Gasteiger partial charge >= 0.3 is 0 Å². The Morgan fingerprint density at radius 1 is 1.36 bits per heavy atom. The van der Waals surface area contributed by atoms with Crippen molar-refractivity contribution in [2.75, 3.05) is 0 Å². The number of halogens is 1. The molecule has 1 amide bonds. The van der Waals surface area contributed by atoms with Gasteiger partial charge in [-0.3, -0.25) is 10.2 Å². The van der Waals surface area contributed by atoms with Crippen LogP contribution in [0, 0.1) is 0 Å². The van der Waals surface area contributed by atoms with Gasteiger partial charge in [0.05, 0.1) is 0 Å². The van der Waals surface area contributed by atoms with Crippen molar-refractivity contribution in [2.24, 2.45) is 5.84 Å². The summed E-state index contributed by atoms with van der Waals surface area (Å²) in [6.07, 6.45) is 0. The molecule has 0 radical (unpaired) electrons. The molecule has 0 spiro atoms. The maximum Gasteiger partial charge on any atom is 0.265 e. The van der Waals surface area contributed by atoms with Gasteiger partial charge in [0, 0.05) is 10.6 Å². The van der Waals surface area contributed by atoms with E-state index in [-0.39, 0.29) is 5.91 Å². The molecule has 58 valence electrons. The van der Waals surface area contributed by atoms with Crippen LogP contribution in [-0.2, 0) is 0 Å². The van der Waals surface area contributed by atoms with Gasteiger partial charge in [0.2, 0.25) is 0 Å². The highest BCUT2D eigenvalue weighted by Crippen LogP contribution is 2.08. The Morgan fingerprint density at radius 3 is 2.36 bits per heavy atom. The Hall–Kier alpha value is -1.06. The third-order valence-electron chi connectivity index (χ3n) is 1.24. The van der Waals surface area contributed by atoms with E-state index in [0.717, 1.165) is 0 Å². The highest BCUT2D eigenvalue weighted by atomic mass is 35.5. The van der Waals surface area contributed by atoms with Crippen molar-refractivity contribution >= 4 is 17.5 Å². The van der Waals surface area contributed by atoms with Gasteiger partial charge in [-0.1, -0.05) is 11.6 Å². The van der Waals surface area contributed by atoms with Crippen molar-refractivity contribution in [1.29, 1.82) is 0 Å². The summed E-state index contributed by atoms with van der Waals surface area (Å²) in [6, 6.07) is 6.47. The summed E-state index contributed by atoms with van der Waals surface area (Å²) in [5.74, 6) is 4.59.